The summed E-state index contributed by atoms with van der Waals surface area (Å²) in [7, 11) is 1.62. The smallest absolute Gasteiger partial charge is 0.236 e. The van der Waals surface area contributed by atoms with Crippen LogP contribution in [0.2, 0.25) is 0 Å². The van der Waals surface area contributed by atoms with Crippen molar-refractivity contribution in [3.63, 3.8) is 0 Å². The minimum absolute atomic E-state index is 0.284. The molecule has 0 aromatic carbocycles. The van der Waals surface area contributed by atoms with E-state index in [2.05, 4.69) is 15.4 Å². The van der Waals surface area contributed by atoms with Crippen LogP contribution in [0.15, 0.2) is 6.33 Å². The third-order valence-electron chi connectivity index (χ3n) is 1.30. The number of hydrogen-bond donors (Lipinski definition) is 2. The van der Waals surface area contributed by atoms with Gasteiger partial charge < -0.3 is 5.73 Å². The van der Waals surface area contributed by atoms with E-state index in [0.29, 0.717) is 0 Å². The van der Waals surface area contributed by atoms with Crippen molar-refractivity contribution in [1.29, 1.82) is 0 Å². The maximum absolute atomic E-state index is 11.0. The maximum Gasteiger partial charge on any atom is 0.236 e. The van der Waals surface area contributed by atoms with Gasteiger partial charge in [0, 0.05) is 7.05 Å². The second-order valence-electron chi connectivity index (χ2n) is 2.40. The minimum Gasteiger partial charge on any atom is -0.369 e. The molecule has 1 heterocycles. The van der Waals surface area contributed by atoms with Gasteiger partial charge in [-0.25, -0.2) is 4.68 Å². The van der Waals surface area contributed by atoms with Gasteiger partial charge in [0.2, 0.25) is 17.8 Å². The van der Waals surface area contributed by atoms with Crippen molar-refractivity contribution in [2.24, 2.45) is 12.8 Å². The van der Waals surface area contributed by atoms with Crippen LogP contribution in [0.1, 0.15) is 6.42 Å². The Morgan fingerprint density at radius 2 is 2.38 bits per heavy atom. The number of aryl methyl sites for hydroxylation is 1. The molecule has 1 aromatic heterocycles. The average molecular weight is 183 g/mol. The summed E-state index contributed by atoms with van der Waals surface area (Å²) in [6.07, 6.45) is 0.937. The van der Waals surface area contributed by atoms with E-state index in [1.165, 1.54) is 11.0 Å². The van der Waals surface area contributed by atoms with Crippen LogP contribution >= 0.6 is 0 Å². The van der Waals surface area contributed by atoms with Gasteiger partial charge in [-0.1, -0.05) is 0 Å². The van der Waals surface area contributed by atoms with E-state index in [-0.39, 0.29) is 12.4 Å². The monoisotopic (exact) mass is 183 g/mol. The van der Waals surface area contributed by atoms with Crippen LogP contribution in [-0.2, 0) is 16.6 Å². The summed E-state index contributed by atoms with van der Waals surface area (Å²) in [5, 5.41) is 6.09. The molecule has 0 aliphatic carbocycles. The van der Waals surface area contributed by atoms with Crippen molar-refractivity contribution in [3.8, 4) is 0 Å². The third kappa shape index (κ3) is 2.55. The molecule has 13 heavy (non-hydrogen) atoms. The van der Waals surface area contributed by atoms with Gasteiger partial charge in [-0.15, -0.1) is 0 Å². The van der Waals surface area contributed by atoms with Gasteiger partial charge in [-0.2, -0.15) is 10.1 Å². The number of nitrogens with zero attached hydrogens (tertiary/aromatic N) is 3. The Morgan fingerprint density at radius 3 is 2.85 bits per heavy atom. The molecular weight excluding hydrogens is 174 g/mol. The SMILES string of the molecule is Cn1ncnc1NC(=O)CC(N)=O. The highest BCUT2D eigenvalue weighted by Crippen LogP contribution is 1.97. The van der Waals surface area contributed by atoms with E-state index in [4.69, 9.17) is 5.73 Å². The molecule has 1 rings (SSSR count). The number of carbonyl (C=O) groups excluding carboxylic acids is 2. The molecule has 3 N–H and O–H groups in total. The molecule has 0 spiro atoms. The number of nitrogens with two attached hydrogens (primary N) is 1. The molecule has 0 saturated heterocycles. The summed E-state index contributed by atoms with van der Waals surface area (Å²) in [5.41, 5.74) is 4.82. The second kappa shape index (κ2) is 3.65. The van der Waals surface area contributed by atoms with Gasteiger partial charge in [-0.3, -0.25) is 14.9 Å². The molecule has 0 unspecified atom stereocenters. The Morgan fingerprint density at radius 1 is 1.69 bits per heavy atom. The molecule has 0 atom stereocenters. The first kappa shape index (κ1) is 9.17. The van der Waals surface area contributed by atoms with Crippen molar-refractivity contribution >= 4 is 17.8 Å². The Bertz CT molecular complexity index is 332. The Labute approximate surface area is 73.9 Å². The van der Waals surface area contributed by atoms with Gasteiger partial charge in [-0.05, 0) is 0 Å². The highest BCUT2D eigenvalue weighted by Gasteiger charge is 2.08. The van der Waals surface area contributed by atoms with Crippen LogP contribution in [0.5, 0.6) is 0 Å². The van der Waals surface area contributed by atoms with Crippen LogP contribution in [0.3, 0.4) is 0 Å². The minimum atomic E-state index is -0.681. The topological polar surface area (TPSA) is 103 Å². The van der Waals surface area contributed by atoms with Gasteiger partial charge >= 0.3 is 0 Å². The first-order valence-corrected chi connectivity index (χ1v) is 3.51. The van der Waals surface area contributed by atoms with Crippen molar-refractivity contribution in [2.45, 2.75) is 6.42 Å². The van der Waals surface area contributed by atoms with Gasteiger partial charge in [0.15, 0.2) is 0 Å². The second-order valence-corrected chi connectivity index (χ2v) is 2.40. The summed E-state index contributed by atoms with van der Waals surface area (Å²) < 4.78 is 1.37. The zero-order chi connectivity index (χ0) is 9.84. The highest BCUT2D eigenvalue weighted by molar-refractivity contribution is 6.02. The molecule has 0 radical (unpaired) electrons. The molecular formula is C6H9N5O2. The molecule has 7 nitrogen and oxygen atoms in total. The molecule has 7 heteroatoms. The standard InChI is InChI=1S/C6H9N5O2/c1-11-6(8-3-9-11)10-5(13)2-4(7)12/h3H,2H2,1H3,(H2,7,12)(H,8,9,10,13). The molecule has 70 valence electrons. The summed E-state index contributed by atoms with van der Waals surface area (Å²) in [4.78, 5) is 25.1. The lowest BCUT2D eigenvalue weighted by Gasteiger charge is -2.00. The predicted molar refractivity (Wildman–Crippen MR) is 43.4 cm³/mol. The Hall–Kier alpha value is -1.92. The Kier molecular flexibility index (Phi) is 2.58. The number of primary amides is 1. The average Bonchev–Trinajstić information content (AvgIpc) is 2.34. The fourth-order valence-electron chi connectivity index (χ4n) is 0.737. The molecule has 0 saturated carbocycles. The van der Waals surface area contributed by atoms with E-state index in [9.17, 15) is 9.59 Å². The van der Waals surface area contributed by atoms with Crippen LogP contribution in [0, 0.1) is 0 Å². The van der Waals surface area contributed by atoms with E-state index in [1.54, 1.807) is 7.05 Å². The van der Waals surface area contributed by atoms with Crippen LogP contribution in [-0.4, -0.2) is 26.6 Å². The zero-order valence-corrected chi connectivity index (χ0v) is 7.02. The lowest BCUT2D eigenvalue weighted by Crippen LogP contribution is -2.22. The van der Waals surface area contributed by atoms with Crippen molar-refractivity contribution in [1.82, 2.24) is 14.8 Å². The summed E-state index contributed by atoms with van der Waals surface area (Å²) >= 11 is 0. The van der Waals surface area contributed by atoms with Crippen LogP contribution < -0.4 is 11.1 Å². The molecule has 0 bridgehead atoms. The fraction of sp³-hybridized carbons (Fsp3) is 0.333. The van der Waals surface area contributed by atoms with E-state index >= 15 is 0 Å². The normalized spacial score (nSPS) is 9.62. The number of amides is 2. The molecule has 0 aliphatic heterocycles. The molecule has 2 amide bonds. The van der Waals surface area contributed by atoms with E-state index < -0.39 is 11.8 Å². The van der Waals surface area contributed by atoms with Gasteiger partial charge in [0.05, 0.1) is 0 Å². The molecule has 0 fully saturated rings. The van der Waals surface area contributed by atoms with Crippen molar-refractivity contribution in [3.05, 3.63) is 6.33 Å². The number of anilines is 1. The van der Waals surface area contributed by atoms with E-state index in [1.807, 2.05) is 0 Å². The summed E-state index contributed by atoms with van der Waals surface area (Å²) in [5.74, 6) is -0.894. The fourth-order valence-corrected chi connectivity index (χ4v) is 0.737. The van der Waals surface area contributed by atoms with Crippen LogP contribution in [0.4, 0.5) is 5.95 Å². The molecule has 0 aliphatic rings. The maximum atomic E-state index is 11.0. The molecule has 1 aromatic rings. The Balaban J connectivity index is 2.55. The lowest BCUT2D eigenvalue weighted by atomic mass is 10.4. The van der Waals surface area contributed by atoms with Crippen LogP contribution in [0.25, 0.3) is 0 Å². The van der Waals surface area contributed by atoms with Gasteiger partial charge in [0.1, 0.15) is 12.7 Å². The predicted octanol–water partition coefficient (Wildman–Crippen LogP) is -1.37. The van der Waals surface area contributed by atoms with Gasteiger partial charge in [0.25, 0.3) is 0 Å². The highest BCUT2D eigenvalue weighted by atomic mass is 16.2. The number of aromatic nitrogens is 3. The third-order valence-corrected chi connectivity index (χ3v) is 1.30. The first-order valence-electron chi connectivity index (χ1n) is 3.51. The zero-order valence-electron chi connectivity index (χ0n) is 7.02. The van der Waals surface area contributed by atoms with E-state index in [0.717, 1.165) is 0 Å². The number of rotatable bonds is 3. The largest absolute Gasteiger partial charge is 0.369 e. The number of nitrogens with one attached hydrogen (secondary N) is 1. The summed E-state index contributed by atoms with van der Waals surface area (Å²) in [6, 6.07) is 0. The first-order chi connectivity index (χ1) is 6.09. The number of carbonyl (C=O) groups is 2. The van der Waals surface area contributed by atoms with Crippen molar-refractivity contribution in [2.75, 3.05) is 5.32 Å². The summed E-state index contributed by atoms with van der Waals surface area (Å²) in [6.45, 7) is 0. The quantitative estimate of drug-likeness (QED) is 0.564. The number of hydrogen-bond acceptors (Lipinski definition) is 4. The van der Waals surface area contributed by atoms with Crippen molar-refractivity contribution < 1.29 is 9.59 Å². The lowest BCUT2D eigenvalue weighted by molar-refractivity contribution is -0.124.